The first-order valence-electron chi connectivity index (χ1n) is 8.09. The fraction of sp³-hybridized carbons (Fsp3) is 0.235. The molecule has 7 nitrogen and oxygen atoms in total. The fourth-order valence-corrected chi connectivity index (χ4v) is 3.96. The fourth-order valence-electron chi connectivity index (χ4n) is 3.04. The van der Waals surface area contributed by atoms with Gasteiger partial charge in [-0.15, -0.1) is 0 Å². The molecular formula is C17H12F5N3O4S. The van der Waals surface area contributed by atoms with E-state index in [1.807, 2.05) is 0 Å². The van der Waals surface area contributed by atoms with Crippen LogP contribution in [0.15, 0.2) is 40.3 Å². The second kappa shape index (κ2) is 7.31. The third-order valence-electron chi connectivity index (χ3n) is 4.15. The maximum absolute atomic E-state index is 13.8. The van der Waals surface area contributed by atoms with E-state index in [1.165, 1.54) is 0 Å². The number of hydrogen-bond donors (Lipinski definition) is 1. The van der Waals surface area contributed by atoms with Crippen molar-refractivity contribution in [2.75, 3.05) is 6.26 Å². The number of benzene rings is 1. The summed E-state index contributed by atoms with van der Waals surface area (Å²) >= 11 is 0. The van der Waals surface area contributed by atoms with E-state index in [9.17, 15) is 40.3 Å². The number of hydrogen-bond acceptors (Lipinski definition) is 6. The Morgan fingerprint density at radius 2 is 1.80 bits per heavy atom. The van der Waals surface area contributed by atoms with Crippen molar-refractivity contribution in [1.29, 1.82) is 0 Å². The molecule has 2 aromatic heterocycles. The van der Waals surface area contributed by atoms with E-state index in [4.69, 9.17) is 0 Å². The lowest BCUT2D eigenvalue weighted by molar-refractivity contribution is -0.139. The van der Waals surface area contributed by atoms with Gasteiger partial charge in [-0.3, -0.25) is 9.36 Å². The van der Waals surface area contributed by atoms with E-state index in [0.717, 1.165) is 24.5 Å². The zero-order valence-corrected chi connectivity index (χ0v) is 15.8. The maximum atomic E-state index is 13.8. The lowest BCUT2D eigenvalue weighted by Gasteiger charge is -2.19. The predicted molar refractivity (Wildman–Crippen MR) is 95.0 cm³/mol. The van der Waals surface area contributed by atoms with Crippen LogP contribution in [0.3, 0.4) is 0 Å². The van der Waals surface area contributed by atoms with Crippen LogP contribution in [0.1, 0.15) is 5.56 Å². The van der Waals surface area contributed by atoms with Crippen molar-refractivity contribution >= 4 is 21.0 Å². The second-order valence-electron chi connectivity index (χ2n) is 6.21. The first-order valence-corrected chi connectivity index (χ1v) is 9.98. The molecule has 0 saturated carbocycles. The Labute approximate surface area is 165 Å². The quantitative estimate of drug-likeness (QED) is 0.615. The average Bonchev–Trinajstić information content (AvgIpc) is 2.63. The van der Waals surface area contributed by atoms with Crippen LogP contribution in [0.5, 0.6) is 5.75 Å². The minimum Gasteiger partial charge on any atom is -0.505 e. The summed E-state index contributed by atoms with van der Waals surface area (Å²) in [5.41, 5.74) is -6.06. The molecule has 0 spiro atoms. The van der Waals surface area contributed by atoms with Gasteiger partial charge in [-0.2, -0.15) is 13.2 Å². The molecule has 0 unspecified atom stereocenters. The third-order valence-corrected chi connectivity index (χ3v) is 5.29. The minimum atomic E-state index is -5.25. The van der Waals surface area contributed by atoms with Crippen LogP contribution in [0.2, 0.25) is 0 Å². The van der Waals surface area contributed by atoms with Crippen LogP contribution in [0.4, 0.5) is 22.0 Å². The van der Waals surface area contributed by atoms with E-state index in [0.29, 0.717) is 16.9 Å². The average molecular weight is 449 g/mol. The number of aromatic nitrogens is 3. The molecule has 3 rings (SSSR count). The summed E-state index contributed by atoms with van der Waals surface area (Å²) in [4.78, 5) is 19.2. The summed E-state index contributed by atoms with van der Waals surface area (Å²) < 4.78 is 91.7. The summed E-state index contributed by atoms with van der Waals surface area (Å²) in [5, 5.41) is 10.5. The van der Waals surface area contributed by atoms with Gasteiger partial charge in [0.25, 0.3) is 12.0 Å². The van der Waals surface area contributed by atoms with E-state index in [2.05, 4.69) is 9.97 Å². The van der Waals surface area contributed by atoms with Crippen LogP contribution in [0.25, 0.3) is 22.3 Å². The SMILES string of the molecule is CS(=O)(=O)c1cccc(-c2c(O)c3nccnc3n(CC(F)F)c2=O)c1C(F)(F)F. The Bertz CT molecular complexity index is 1300. The van der Waals surface area contributed by atoms with Crippen molar-refractivity contribution in [3.8, 4) is 16.9 Å². The van der Waals surface area contributed by atoms with Crippen LogP contribution in [-0.4, -0.2) is 40.7 Å². The number of alkyl halides is 5. The third kappa shape index (κ3) is 3.72. The molecule has 0 amide bonds. The number of aromatic hydroxyl groups is 1. The number of nitrogens with zero attached hydrogens (tertiary/aromatic N) is 3. The molecular weight excluding hydrogens is 437 g/mol. The molecule has 1 aromatic carbocycles. The molecule has 2 heterocycles. The molecule has 0 aliphatic carbocycles. The van der Waals surface area contributed by atoms with Crippen molar-refractivity contribution in [2.24, 2.45) is 0 Å². The Balaban J connectivity index is 2.55. The number of rotatable bonds is 4. The molecule has 0 aliphatic rings. The molecule has 0 fully saturated rings. The van der Waals surface area contributed by atoms with E-state index in [1.54, 1.807) is 0 Å². The van der Waals surface area contributed by atoms with Gasteiger partial charge in [0.15, 0.2) is 21.2 Å². The van der Waals surface area contributed by atoms with Gasteiger partial charge in [0.1, 0.15) is 5.52 Å². The molecule has 0 bridgehead atoms. The highest BCUT2D eigenvalue weighted by molar-refractivity contribution is 7.90. The lowest BCUT2D eigenvalue weighted by Crippen LogP contribution is -2.27. The van der Waals surface area contributed by atoms with Gasteiger partial charge in [-0.25, -0.2) is 27.2 Å². The number of sulfone groups is 1. The highest BCUT2D eigenvalue weighted by atomic mass is 32.2. The summed E-state index contributed by atoms with van der Waals surface area (Å²) in [6.45, 7) is -1.23. The summed E-state index contributed by atoms with van der Waals surface area (Å²) in [6.07, 6.45) is -5.69. The zero-order valence-electron chi connectivity index (χ0n) is 15.0. The van der Waals surface area contributed by atoms with Gasteiger partial charge < -0.3 is 5.11 Å². The summed E-state index contributed by atoms with van der Waals surface area (Å²) in [7, 11) is -4.40. The zero-order chi connectivity index (χ0) is 22.4. The van der Waals surface area contributed by atoms with Gasteiger partial charge in [0, 0.05) is 24.2 Å². The molecule has 13 heteroatoms. The van der Waals surface area contributed by atoms with Gasteiger partial charge in [0.2, 0.25) is 0 Å². The molecule has 160 valence electrons. The maximum Gasteiger partial charge on any atom is 0.418 e. The van der Waals surface area contributed by atoms with Crippen LogP contribution < -0.4 is 5.56 Å². The molecule has 0 radical (unpaired) electrons. The molecule has 0 aliphatic heterocycles. The highest BCUT2D eigenvalue weighted by Crippen LogP contribution is 2.43. The smallest absolute Gasteiger partial charge is 0.418 e. The normalized spacial score (nSPS) is 12.6. The topological polar surface area (TPSA) is 102 Å². The first kappa shape index (κ1) is 21.6. The van der Waals surface area contributed by atoms with Gasteiger partial charge in [-0.1, -0.05) is 12.1 Å². The molecule has 1 N–H and O–H groups in total. The number of pyridine rings is 1. The van der Waals surface area contributed by atoms with Crippen molar-refractivity contribution in [3.05, 3.63) is 46.5 Å². The van der Waals surface area contributed by atoms with E-state index in [-0.39, 0.29) is 0 Å². The monoisotopic (exact) mass is 449 g/mol. The Kier molecular flexibility index (Phi) is 5.26. The molecule has 0 atom stereocenters. The van der Waals surface area contributed by atoms with Crippen molar-refractivity contribution in [3.63, 3.8) is 0 Å². The van der Waals surface area contributed by atoms with E-state index < -0.39 is 73.0 Å². The second-order valence-corrected chi connectivity index (χ2v) is 8.19. The summed E-state index contributed by atoms with van der Waals surface area (Å²) in [6, 6.07) is 2.40. The van der Waals surface area contributed by atoms with Crippen LogP contribution in [-0.2, 0) is 22.6 Å². The van der Waals surface area contributed by atoms with Gasteiger partial charge in [-0.05, 0) is 6.07 Å². The van der Waals surface area contributed by atoms with E-state index >= 15 is 0 Å². The number of fused-ring (bicyclic) bond motifs is 1. The number of halogens is 5. The standard InChI is InChI=1S/C17H12F5N3O4S/c1-30(28,29)9-4-2-3-8(12(9)17(20,21)22)11-14(26)13-15(24-6-5-23-13)25(16(11)27)7-10(18)19/h2-6,10,26H,7H2,1H3. The highest BCUT2D eigenvalue weighted by Gasteiger charge is 2.40. The van der Waals surface area contributed by atoms with Crippen LogP contribution in [0, 0.1) is 0 Å². The predicted octanol–water partition coefficient (Wildman–Crippen LogP) is 2.85. The largest absolute Gasteiger partial charge is 0.505 e. The van der Waals surface area contributed by atoms with Crippen molar-refractivity contribution < 1.29 is 35.5 Å². The Morgan fingerprint density at radius 1 is 1.17 bits per heavy atom. The van der Waals surface area contributed by atoms with Crippen molar-refractivity contribution in [2.45, 2.75) is 24.0 Å². The summed E-state index contributed by atoms with van der Waals surface area (Å²) in [5.74, 6) is -1.04. The molecule has 3 aromatic rings. The lowest BCUT2D eigenvalue weighted by atomic mass is 9.99. The molecule has 0 saturated heterocycles. The Morgan fingerprint density at radius 3 is 2.37 bits per heavy atom. The van der Waals surface area contributed by atoms with Gasteiger partial charge >= 0.3 is 6.18 Å². The molecule has 30 heavy (non-hydrogen) atoms. The minimum absolute atomic E-state index is 0.384. The van der Waals surface area contributed by atoms with Crippen LogP contribution >= 0.6 is 0 Å². The Hall–Kier alpha value is -3.09. The van der Waals surface area contributed by atoms with Gasteiger partial charge in [0.05, 0.1) is 22.6 Å². The first-order chi connectivity index (χ1) is 13.8. The van der Waals surface area contributed by atoms with Crippen molar-refractivity contribution in [1.82, 2.24) is 14.5 Å².